The Hall–Kier alpha value is -1.78. The van der Waals surface area contributed by atoms with Crippen molar-refractivity contribution in [2.75, 3.05) is 13.2 Å². The number of carbonyl (C=O) groups is 2. The molecule has 0 unspecified atom stereocenters. The lowest BCUT2D eigenvalue weighted by molar-refractivity contribution is -1.92. The Balaban J connectivity index is 0.000000537. The molecule has 1 aromatic heterocycles. The Labute approximate surface area is 172 Å². The Morgan fingerprint density at radius 3 is 2.03 bits per heavy atom. The first-order valence-electron chi connectivity index (χ1n) is 9.81. The molecule has 1 heterocycles. The lowest BCUT2D eigenvalue weighted by atomic mass is 9.88. The van der Waals surface area contributed by atoms with Crippen LogP contribution in [0.15, 0.2) is 6.07 Å². The van der Waals surface area contributed by atoms with Gasteiger partial charge in [0.2, 0.25) is 6.54 Å². The van der Waals surface area contributed by atoms with Crippen molar-refractivity contribution >= 4 is 11.9 Å². The third-order valence-electron chi connectivity index (χ3n) is 5.00. The van der Waals surface area contributed by atoms with Gasteiger partial charge in [-0.05, 0) is 51.5 Å². The number of hydrogen-bond donors (Lipinski definition) is 2. The fourth-order valence-electron chi connectivity index (χ4n) is 3.90. The van der Waals surface area contributed by atoms with E-state index in [0.717, 1.165) is 25.7 Å². The molecule has 0 aliphatic heterocycles. The van der Waals surface area contributed by atoms with E-state index in [0.29, 0.717) is 13.2 Å². The first kappa shape index (κ1) is 23.5. The predicted octanol–water partition coefficient (Wildman–Crippen LogP) is -2.71. The van der Waals surface area contributed by atoms with Crippen LogP contribution in [0.1, 0.15) is 55.1 Å². The molecular weight excluding hydrogens is 404 g/mol. The van der Waals surface area contributed by atoms with Crippen LogP contribution in [-0.4, -0.2) is 29.7 Å². The second kappa shape index (κ2) is 10.8. The summed E-state index contributed by atoms with van der Waals surface area (Å²) in [6.07, 6.45) is 9.19. The van der Waals surface area contributed by atoms with E-state index >= 15 is 0 Å². The molecule has 10 heteroatoms. The fraction of sp³-hybridized carbons (Fsp3) is 0.632. The Kier molecular flexibility index (Phi) is 8.79. The highest BCUT2D eigenvalue weighted by Gasteiger charge is 2.30. The third-order valence-corrected chi connectivity index (χ3v) is 5.00. The monoisotopic (exact) mass is 431 g/mol. The van der Waals surface area contributed by atoms with Gasteiger partial charge in [0, 0.05) is 24.0 Å². The number of pyridine rings is 1. The van der Waals surface area contributed by atoms with Crippen molar-refractivity contribution in [1.82, 2.24) is 5.32 Å². The number of aromatic nitrogens is 1. The molecule has 3 rings (SSSR count). The van der Waals surface area contributed by atoms with E-state index < -0.39 is 10.2 Å². The summed E-state index contributed by atoms with van der Waals surface area (Å²) in [7, 11) is -4.69. The molecule has 29 heavy (non-hydrogen) atoms. The molecule has 162 valence electrons. The predicted molar refractivity (Wildman–Crippen MR) is 91.8 cm³/mol. The normalized spacial score (nSPS) is 15.3. The number of nitrogens with zero attached hydrogens (tertiary/aromatic N) is 1. The average molecular weight is 432 g/mol. The summed E-state index contributed by atoms with van der Waals surface area (Å²) in [4.78, 5) is 23.8. The van der Waals surface area contributed by atoms with Gasteiger partial charge in [-0.1, -0.05) is 0 Å². The van der Waals surface area contributed by atoms with Crippen molar-refractivity contribution in [3.8, 4) is 0 Å². The number of amides is 1. The minimum atomic E-state index is -4.69. The van der Waals surface area contributed by atoms with Crippen molar-refractivity contribution in [2.45, 2.75) is 64.8 Å². The molecule has 0 fully saturated rings. The van der Waals surface area contributed by atoms with Crippen LogP contribution in [0.4, 0.5) is 0 Å². The maximum atomic E-state index is 12.4. The van der Waals surface area contributed by atoms with E-state index in [-0.39, 0.29) is 18.4 Å². The average Bonchev–Trinajstić information content (AvgIpc) is 2.65. The molecule has 1 amide bonds. The first-order valence-corrected chi connectivity index (χ1v) is 11.1. The van der Waals surface area contributed by atoms with Crippen LogP contribution in [0.25, 0.3) is 0 Å². The maximum Gasteiger partial charge on any atom is 0.325 e. The molecule has 2 aliphatic carbocycles. The number of carbonyl (C=O) groups excluding carboxylic acids is 2. The molecule has 1 aromatic rings. The van der Waals surface area contributed by atoms with Gasteiger partial charge in [0.05, 0.1) is 21.5 Å². The molecule has 0 aromatic carbocycles. The largest absolute Gasteiger partial charge is 0.465 e. The number of aryl methyl sites for hydroxylation is 2. The summed E-state index contributed by atoms with van der Waals surface area (Å²) in [5, 5.41) is 2.70. The molecule has 0 radical (unpaired) electrons. The summed E-state index contributed by atoms with van der Waals surface area (Å²) >= 11 is 0. The van der Waals surface area contributed by atoms with Gasteiger partial charge in [-0.3, -0.25) is 9.59 Å². The zero-order valence-corrected chi connectivity index (χ0v) is 17.3. The van der Waals surface area contributed by atoms with E-state index in [1.54, 1.807) is 6.92 Å². The molecule has 9 nitrogen and oxygen atoms in total. The van der Waals surface area contributed by atoms with Gasteiger partial charge in [-0.25, -0.2) is 0 Å². The van der Waals surface area contributed by atoms with Gasteiger partial charge in [0.25, 0.3) is 5.91 Å². The number of rotatable bonds is 5. The van der Waals surface area contributed by atoms with E-state index in [2.05, 4.69) is 16.0 Å². The Morgan fingerprint density at radius 1 is 1.07 bits per heavy atom. The Bertz CT molecular complexity index is 694. The van der Waals surface area contributed by atoms with E-state index in [1.807, 2.05) is 0 Å². The van der Waals surface area contributed by atoms with Crippen LogP contribution in [0.3, 0.4) is 0 Å². The second-order valence-electron chi connectivity index (χ2n) is 7.07. The van der Waals surface area contributed by atoms with Crippen molar-refractivity contribution in [2.24, 2.45) is 0 Å². The van der Waals surface area contributed by atoms with Crippen molar-refractivity contribution in [3.63, 3.8) is 0 Å². The van der Waals surface area contributed by atoms with Gasteiger partial charge >= 0.3 is 5.97 Å². The van der Waals surface area contributed by atoms with Crippen molar-refractivity contribution in [1.29, 1.82) is 0 Å². The second-order valence-corrected chi connectivity index (χ2v) is 7.86. The molecule has 0 saturated heterocycles. The smallest absolute Gasteiger partial charge is 0.325 e. The number of esters is 1. The number of fused-ring (bicyclic) bond motifs is 2. The van der Waals surface area contributed by atoms with E-state index in [1.165, 1.54) is 48.2 Å². The molecule has 2 aliphatic rings. The SMILES string of the molecule is CCOC(=O)CNC(=O)C[n+]1c2c(cc3c1CCCC3)CCCC2.[O-][Cl+3]([O-])([O-])O. The minimum absolute atomic E-state index is 0.0511. The van der Waals surface area contributed by atoms with Crippen LogP contribution in [0.2, 0.25) is 0 Å². The summed E-state index contributed by atoms with van der Waals surface area (Å²) in [6, 6.07) is 2.38. The van der Waals surface area contributed by atoms with Crippen molar-refractivity contribution < 1.29 is 47.8 Å². The fourth-order valence-corrected chi connectivity index (χ4v) is 3.90. The highest BCUT2D eigenvalue weighted by Crippen LogP contribution is 2.25. The molecular formula is C19H28ClN2O7+. The van der Waals surface area contributed by atoms with Gasteiger partial charge in [0.15, 0.2) is 11.4 Å². The summed E-state index contributed by atoms with van der Waals surface area (Å²) in [6.45, 7) is 2.36. The number of hydrogen-bond acceptors (Lipinski definition) is 7. The molecule has 0 saturated carbocycles. The standard InChI is InChI=1S/C19H26N2O3.ClHO4/c1-2-24-19(23)12-20-18(22)13-21-16-9-5-3-7-14(16)11-15-8-4-6-10-17(15)21;2-1(3,4)5/h11H,2-10,12-13H2,1H3;(H,2,3,4,5)/p+1. The molecule has 0 bridgehead atoms. The van der Waals surface area contributed by atoms with Gasteiger partial charge in [0.1, 0.15) is 6.54 Å². The lowest BCUT2D eigenvalue weighted by Gasteiger charge is -2.21. The highest BCUT2D eigenvalue weighted by atomic mass is 35.7. The van der Waals surface area contributed by atoms with Crippen LogP contribution < -0.4 is 23.9 Å². The van der Waals surface area contributed by atoms with E-state index in [9.17, 15) is 9.59 Å². The summed E-state index contributed by atoms with van der Waals surface area (Å²) < 4.78 is 39.8. The molecule has 0 atom stereocenters. The minimum Gasteiger partial charge on any atom is -0.465 e. The number of halogens is 1. The third kappa shape index (κ3) is 7.87. The van der Waals surface area contributed by atoms with Crippen LogP contribution in [0, 0.1) is 10.2 Å². The zero-order valence-electron chi connectivity index (χ0n) is 16.6. The van der Waals surface area contributed by atoms with Crippen LogP contribution in [-0.2, 0) is 46.6 Å². The maximum absolute atomic E-state index is 12.4. The van der Waals surface area contributed by atoms with Crippen LogP contribution in [0.5, 0.6) is 0 Å². The molecule has 2 N–H and O–H groups in total. The number of ether oxygens (including phenoxy) is 1. The quantitative estimate of drug-likeness (QED) is 0.380. The van der Waals surface area contributed by atoms with E-state index in [4.69, 9.17) is 23.4 Å². The van der Waals surface area contributed by atoms with Crippen molar-refractivity contribution in [3.05, 3.63) is 28.6 Å². The topological polar surface area (TPSA) is 149 Å². The summed E-state index contributed by atoms with van der Waals surface area (Å²) in [5.41, 5.74) is 5.49. The summed E-state index contributed by atoms with van der Waals surface area (Å²) in [5.74, 6) is -0.493. The molecule has 0 spiro atoms. The van der Waals surface area contributed by atoms with Gasteiger partial charge in [-0.2, -0.15) is 18.5 Å². The first-order chi connectivity index (χ1) is 13.7. The van der Waals surface area contributed by atoms with Gasteiger partial charge < -0.3 is 10.1 Å². The lowest BCUT2D eigenvalue weighted by Crippen LogP contribution is -2.58. The highest BCUT2D eigenvalue weighted by molar-refractivity contribution is 5.81. The number of nitrogens with one attached hydrogen (secondary N) is 1. The van der Waals surface area contributed by atoms with Crippen LogP contribution >= 0.6 is 0 Å². The zero-order chi connectivity index (χ0) is 21.4. The Morgan fingerprint density at radius 2 is 1.55 bits per heavy atom. The van der Waals surface area contributed by atoms with Gasteiger partial charge in [-0.15, -0.1) is 0 Å².